The van der Waals surface area contributed by atoms with Crippen molar-refractivity contribution < 1.29 is 13.9 Å². The van der Waals surface area contributed by atoms with Crippen molar-refractivity contribution in [1.29, 1.82) is 0 Å². The average Bonchev–Trinajstić information content (AvgIpc) is 2.35. The Morgan fingerprint density at radius 1 is 1.21 bits per heavy atom. The second kappa shape index (κ2) is 5.40. The summed E-state index contributed by atoms with van der Waals surface area (Å²) in [6, 6.07) is 9.17. The van der Waals surface area contributed by atoms with E-state index in [2.05, 4.69) is 15.9 Å². The third kappa shape index (κ3) is 3.12. The monoisotopic (exact) mass is 323 g/mol. The lowest BCUT2D eigenvalue weighted by Crippen LogP contribution is -2.12. The Balaban J connectivity index is 2.43. The Kier molecular flexibility index (Phi) is 3.85. The molecule has 0 aromatic heterocycles. The zero-order valence-electron chi connectivity index (χ0n) is 10.1. The molecule has 0 radical (unpaired) electrons. The van der Waals surface area contributed by atoms with Crippen molar-refractivity contribution in [3.8, 4) is 11.5 Å². The van der Waals surface area contributed by atoms with Crippen LogP contribution in [0.4, 0.5) is 4.39 Å². The second-order valence-electron chi connectivity index (χ2n) is 4.02. The molecule has 0 saturated heterocycles. The Hall–Kier alpha value is -1.88. The van der Waals surface area contributed by atoms with E-state index in [0.717, 1.165) is 16.1 Å². The third-order valence-corrected chi connectivity index (χ3v) is 3.07. The molecule has 2 N–H and O–H groups in total. The van der Waals surface area contributed by atoms with Crippen LogP contribution in [-0.4, -0.2) is 5.91 Å². The molecule has 0 saturated carbocycles. The van der Waals surface area contributed by atoms with Gasteiger partial charge in [-0.3, -0.25) is 4.79 Å². The fourth-order valence-corrected chi connectivity index (χ4v) is 1.93. The van der Waals surface area contributed by atoms with Crippen molar-refractivity contribution in [1.82, 2.24) is 0 Å². The Morgan fingerprint density at radius 3 is 2.63 bits per heavy atom. The van der Waals surface area contributed by atoms with Crippen LogP contribution < -0.4 is 10.5 Å². The fourth-order valence-electron chi connectivity index (χ4n) is 1.59. The van der Waals surface area contributed by atoms with E-state index in [1.165, 1.54) is 12.1 Å². The van der Waals surface area contributed by atoms with Crippen molar-refractivity contribution in [2.24, 2.45) is 5.73 Å². The molecule has 0 heterocycles. The average molecular weight is 324 g/mol. The van der Waals surface area contributed by atoms with Gasteiger partial charge in [-0.25, -0.2) is 4.39 Å². The smallest absolute Gasteiger partial charge is 0.252 e. The van der Waals surface area contributed by atoms with E-state index >= 15 is 0 Å². The minimum Gasteiger partial charge on any atom is -0.456 e. The molecule has 1 amide bonds. The molecule has 5 heteroatoms. The van der Waals surface area contributed by atoms with Gasteiger partial charge in [0.15, 0.2) is 0 Å². The molecular weight excluding hydrogens is 313 g/mol. The molecule has 0 aliphatic heterocycles. The number of nitrogens with two attached hydrogens (primary N) is 1. The first-order chi connectivity index (χ1) is 8.97. The number of hydrogen-bond donors (Lipinski definition) is 1. The Labute approximate surface area is 118 Å². The maximum absolute atomic E-state index is 13.1. The van der Waals surface area contributed by atoms with Gasteiger partial charge in [-0.05, 0) is 42.8 Å². The Bertz CT molecular complexity index is 643. The molecule has 0 unspecified atom stereocenters. The second-order valence-corrected chi connectivity index (χ2v) is 4.93. The van der Waals surface area contributed by atoms with E-state index in [9.17, 15) is 9.18 Å². The number of primary amides is 1. The Morgan fingerprint density at radius 2 is 1.95 bits per heavy atom. The highest BCUT2D eigenvalue weighted by atomic mass is 79.9. The number of hydrogen-bond acceptors (Lipinski definition) is 2. The largest absolute Gasteiger partial charge is 0.456 e. The van der Waals surface area contributed by atoms with Crippen LogP contribution in [0.3, 0.4) is 0 Å². The highest BCUT2D eigenvalue weighted by Gasteiger charge is 2.12. The van der Waals surface area contributed by atoms with Gasteiger partial charge in [-0.15, -0.1) is 0 Å². The van der Waals surface area contributed by atoms with Crippen molar-refractivity contribution >= 4 is 21.8 Å². The van der Waals surface area contributed by atoms with Gasteiger partial charge in [0.05, 0.1) is 5.56 Å². The summed E-state index contributed by atoms with van der Waals surface area (Å²) in [7, 11) is 0. The van der Waals surface area contributed by atoms with Crippen LogP contribution in [0.5, 0.6) is 11.5 Å². The summed E-state index contributed by atoms with van der Waals surface area (Å²) in [5.41, 5.74) is 6.12. The van der Waals surface area contributed by atoms with Crippen LogP contribution in [0.2, 0.25) is 0 Å². The number of ether oxygens (including phenoxy) is 1. The molecule has 2 aromatic rings. The number of carbonyl (C=O) groups is 1. The van der Waals surface area contributed by atoms with E-state index in [-0.39, 0.29) is 11.3 Å². The lowest BCUT2D eigenvalue weighted by atomic mass is 10.1. The topological polar surface area (TPSA) is 52.3 Å². The number of amides is 1. The highest BCUT2D eigenvalue weighted by molar-refractivity contribution is 9.10. The lowest BCUT2D eigenvalue weighted by Gasteiger charge is -2.11. The SMILES string of the molecule is Cc1ccc(Br)cc1Oc1ccc(F)cc1C(N)=O. The van der Waals surface area contributed by atoms with E-state index in [0.29, 0.717) is 5.75 Å². The van der Waals surface area contributed by atoms with Crippen LogP contribution in [0.15, 0.2) is 40.9 Å². The van der Waals surface area contributed by atoms with Crippen molar-refractivity contribution in [3.05, 3.63) is 57.8 Å². The van der Waals surface area contributed by atoms with Crippen LogP contribution in [-0.2, 0) is 0 Å². The first-order valence-electron chi connectivity index (χ1n) is 5.51. The van der Waals surface area contributed by atoms with Gasteiger partial charge in [0, 0.05) is 4.47 Å². The molecule has 0 aliphatic carbocycles. The normalized spacial score (nSPS) is 10.3. The summed E-state index contributed by atoms with van der Waals surface area (Å²) in [5.74, 6) is -0.465. The lowest BCUT2D eigenvalue weighted by molar-refractivity contribution is 0.0997. The van der Waals surface area contributed by atoms with Gasteiger partial charge < -0.3 is 10.5 Å². The molecule has 0 fully saturated rings. The van der Waals surface area contributed by atoms with E-state index < -0.39 is 11.7 Å². The van der Waals surface area contributed by atoms with Crippen LogP contribution in [0, 0.1) is 12.7 Å². The van der Waals surface area contributed by atoms with Gasteiger partial charge in [-0.1, -0.05) is 22.0 Å². The molecule has 2 aromatic carbocycles. The predicted molar refractivity (Wildman–Crippen MR) is 73.9 cm³/mol. The minimum absolute atomic E-state index is 0.0133. The summed E-state index contributed by atoms with van der Waals surface area (Å²) in [4.78, 5) is 11.3. The van der Waals surface area contributed by atoms with Gasteiger partial charge in [0.25, 0.3) is 5.91 Å². The number of halogens is 2. The van der Waals surface area contributed by atoms with Gasteiger partial charge in [0.1, 0.15) is 17.3 Å². The quantitative estimate of drug-likeness (QED) is 0.934. The summed E-state index contributed by atoms with van der Waals surface area (Å²) in [6.07, 6.45) is 0. The van der Waals surface area contributed by atoms with Gasteiger partial charge >= 0.3 is 0 Å². The molecule has 98 valence electrons. The summed E-state index contributed by atoms with van der Waals surface area (Å²) in [6.45, 7) is 1.87. The maximum atomic E-state index is 13.1. The fraction of sp³-hybridized carbons (Fsp3) is 0.0714. The van der Waals surface area contributed by atoms with Gasteiger partial charge in [-0.2, -0.15) is 0 Å². The summed E-state index contributed by atoms with van der Waals surface area (Å²) in [5, 5.41) is 0. The summed E-state index contributed by atoms with van der Waals surface area (Å²) >= 11 is 3.34. The highest BCUT2D eigenvalue weighted by Crippen LogP contribution is 2.30. The number of carbonyl (C=O) groups excluding carboxylic acids is 1. The molecule has 0 spiro atoms. The zero-order chi connectivity index (χ0) is 14.0. The molecule has 19 heavy (non-hydrogen) atoms. The summed E-state index contributed by atoms with van der Waals surface area (Å²) < 4.78 is 19.6. The van der Waals surface area contributed by atoms with Crippen LogP contribution in [0.25, 0.3) is 0 Å². The van der Waals surface area contributed by atoms with Crippen molar-refractivity contribution in [2.45, 2.75) is 6.92 Å². The van der Waals surface area contributed by atoms with Gasteiger partial charge in [0.2, 0.25) is 0 Å². The van der Waals surface area contributed by atoms with E-state index in [1.54, 1.807) is 6.07 Å². The van der Waals surface area contributed by atoms with Crippen molar-refractivity contribution in [2.75, 3.05) is 0 Å². The zero-order valence-corrected chi connectivity index (χ0v) is 11.7. The molecule has 2 rings (SSSR count). The number of rotatable bonds is 3. The predicted octanol–water partition coefficient (Wildman–Crippen LogP) is 3.79. The third-order valence-electron chi connectivity index (χ3n) is 2.58. The minimum atomic E-state index is -0.734. The van der Waals surface area contributed by atoms with Crippen LogP contribution in [0.1, 0.15) is 15.9 Å². The standard InChI is InChI=1S/C14H11BrFNO2/c1-8-2-3-9(15)6-13(8)19-12-5-4-10(16)7-11(12)14(17)18/h2-7H,1H3,(H2,17,18). The molecule has 0 bridgehead atoms. The van der Waals surface area contributed by atoms with E-state index in [4.69, 9.17) is 10.5 Å². The molecule has 0 atom stereocenters. The first-order valence-corrected chi connectivity index (χ1v) is 6.30. The first kappa shape index (κ1) is 13.5. The molecule has 3 nitrogen and oxygen atoms in total. The molecule has 0 aliphatic rings. The van der Waals surface area contributed by atoms with Crippen LogP contribution >= 0.6 is 15.9 Å². The number of aryl methyl sites for hydroxylation is 1. The number of benzene rings is 2. The van der Waals surface area contributed by atoms with E-state index in [1.807, 2.05) is 19.1 Å². The maximum Gasteiger partial charge on any atom is 0.252 e. The van der Waals surface area contributed by atoms with Crippen molar-refractivity contribution in [3.63, 3.8) is 0 Å². The molecular formula is C14H11BrFNO2.